The first-order valence-corrected chi connectivity index (χ1v) is 6.87. The zero-order valence-electron chi connectivity index (χ0n) is 8.69. The van der Waals surface area contributed by atoms with Crippen molar-refractivity contribution >= 4 is 28.4 Å². The molecule has 4 heteroatoms. The Labute approximate surface area is 104 Å². The second-order valence-corrected chi connectivity index (χ2v) is 4.55. The molecule has 0 aromatic carbocycles. The van der Waals surface area contributed by atoms with E-state index in [9.17, 15) is 0 Å². The van der Waals surface area contributed by atoms with Crippen LogP contribution in [0, 0.1) is 0 Å². The van der Waals surface area contributed by atoms with E-state index in [1.54, 1.807) is 0 Å². The largest absolute Gasteiger partial charge is 0.367 e. The highest BCUT2D eigenvalue weighted by Gasteiger charge is 2.17. The fourth-order valence-electron chi connectivity index (χ4n) is 1.85. The number of nitrogens with zero attached hydrogens (tertiary/aromatic N) is 2. The van der Waals surface area contributed by atoms with Gasteiger partial charge in [0.25, 0.3) is 0 Å². The van der Waals surface area contributed by atoms with Gasteiger partial charge in [-0.25, -0.2) is 4.98 Å². The van der Waals surface area contributed by atoms with Crippen molar-refractivity contribution in [2.75, 3.05) is 23.0 Å². The second kappa shape index (κ2) is 5.65. The van der Waals surface area contributed by atoms with Crippen LogP contribution in [0.5, 0.6) is 0 Å². The van der Waals surface area contributed by atoms with Gasteiger partial charge >= 0.3 is 0 Å². The highest BCUT2D eigenvalue weighted by atomic mass is 127. The fraction of sp³-hybridized carbons (Fsp3) is 0.545. The molecule has 0 saturated carbocycles. The second-order valence-electron chi connectivity index (χ2n) is 3.87. The quantitative estimate of drug-likeness (QED) is 0.527. The van der Waals surface area contributed by atoms with Crippen molar-refractivity contribution in [1.29, 1.82) is 0 Å². The maximum absolute atomic E-state index is 4.29. The maximum atomic E-state index is 4.29. The number of aromatic nitrogens is 1. The number of rotatable bonds is 3. The molecule has 2 heterocycles. The highest BCUT2D eigenvalue weighted by Crippen LogP contribution is 2.15. The molecular weight excluding hydrogens is 301 g/mol. The van der Waals surface area contributed by atoms with Gasteiger partial charge < -0.3 is 5.32 Å². The average Bonchev–Trinajstić information content (AvgIpc) is 2.31. The third-order valence-electron chi connectivity index (χ3n) is 2.77. The van der Waals surface area contributed by atoms with E-state index in [0.717, 1.165) is 10.4 Å². The van der Waals surface area contributed by atoms with Gasteiger partial charge in [-0.05, 0) is 25.0 Å². The summed E-state index contributed by atoms with van der Waals surface area (Å²) in [7, 11) is 0. The number of alkyl halides is 1. The van der Waals surface area contributed by atoms with Crippen LogP contribution in [-0.2, 0) is 0 Å². The molecule has 0 unspecified atom stereocenters. The first-order chi connectivity index (χ1) is 7.38. The van der Waals surface area contributed by atoms with Gasteiger partial charge in [-0.15, -0.1) is 0 Å². The molecule has 1 saturated heterocycles. The zero-order chi connectivity index (χ0) is 10.5. The van der Waals surface area contributed by atoms with Crippen LogP contribution in [0.25, 0.3) is 0 Å². The summed E-state index contributed by atoms with van der Waals surface area (Å²) >= 11 is 2.43. The van der Waals surface area contributed by atoms with Crippen LogP contribution < -0.4 is 5.32 Å². The normalized spacial score (nSPS) is 19.0. The molecular formula is C11H16IN3. The molecule has 3 nitrogen and oxygen atoms in total. The monoisotopic (exact) mass is 317 g/mol. The molecule has 1 aliphatic rings. The minimum absolute atomic E-state index is 0.596. The molecule has 0 bridgehead atoms. The molecule has 0 radical (unpaired) electrons. The Bertz CT molecular complexity index is 283. The Morgan fingerprint density at radius 3 is 2.80 bits per heavy atom. The van der Waals surface area contributed by atoms with E-state index >= 15 is 0 Å². The molecule has 0 amide bonds. The molecule has 0 spiro atoms. The van der Waals surface area contributed by atoms with E-state index in [-0.39, 0.29) is 0 Å². The van der Waals surface area contributed by atoms with Crippen LogP contribution in [0.1, 0.15) is 12.8 Å². The van der Waals surface area contributed by atoms with Gasteiger partial charge in [0, 0.05) is 25.3 Å². The summed E-state index contributed by atoms with van der Waals surface area (Å²) in [6.45, 7) is 2.40. The van der Waals surface area contributed by atoms with E-state index in [4.69, 9.17) is 0 Å². The lowest BCUT2D eigenvalue weighted by Gasteiger charge is -2.31. The van der Waals surface area contributed by atoms with Crippen LogP contribution >= 0.6 is 22.6 Å². The van der Waals surface area contributed by atoms with Crippen molar-refractivity contribution < 1.29 is 0 Å². The van der Waals surface area contributed by atoms with Gasteiger partial charge in [0.2, 0.25) is 0 Å². The Morgan fingerprint density at radius 2 is 2.20 bits per heavy atom. The van der Waals surface area contributed by atoms with Crippen molar-refractivity contribution in [3.05, 3.63) is 24.4 Å². The number of likely N-dealkylation sites (tertiary alicyclic amines) is 1. The van der Waals surface area contributed by atoms with Gasteiger partial charge in [-0.2, -0.15) is 0 Å². The van der Waals surface area contributed by atoms with E-state index in [1.165, 1.54) is 25.9 Å². The lowest BCUT2D eigenvalue weighted by atomic mass is 10.1. The molecule has 15 heavy (non-hydrogen) atoms. The van der Waals surface area contributed by atoms with Crippen molar-refractivity contribution in [3.63, 3.8) is 0 Å². The molecule has 2 rings (SSSR count). The Kier molecular flexibility index (Phi) is 4.19. The summed E-state index contributed by atoms with van der Waals surface area (Å²) in [4.78, 5) is 6.77. The number of hydrogen-bond donors (Lipinski definition) is 1. The third kappa shape index (κ3) is 3.31. The van der Waals surface area contributed by atoms with Crippen molar-refractivity contribution in [2.45, 2.75) is 18.9 Å². The van der Waals surface area contributed by atoms with Gasteiger partial charge in [-0.3, -0.25) is 4.90 Å². The van der Waals surface area contributed by atoms with Crippen LogP contribution in [0.2, 0.25) is 0 Å². The van der Waals surface area contributed by atoms with E-state index < -0.39 is 0 Å². The van der Waals surface area contributed by atoms with E-state index in [1.807, 2.05) is 24.4 Å². The lowest BCUT2D eigenvalue weighted by molar-refractivity contribution is 0.259. The minimum atomic E-state index is 0.596. The van der Waals surface area contributed by atoms with Gasteiger partial charge in [0.15, 0.2) is 0 Å². The highest BCUT2D eigenvalue weighted by molar-refractivity contribution is 14.1. The third-order valence-corrected chi connectivity index (χ3v) is 3.74. The standard InChI is InChI=1S/C11H16IN3/c12-9-15-7-4-10(5-8-15)14-11-3-1-2-6-13-11/h1-3,6,10H,4-5,7-9H2,(H,13,14). The Morgan fingerprint density at radius 1 is 1.40 bits per heavy atom. The molecule has 82 valence electrons. The molecule has 1 fully saturated rings. The number of hydrogen-bond acceptors (Lipinski definition) is 3. The molecule has 0 aliphatic carbocycles. The Balaban J connectivity index is 1.82. The van der Waals surface area contributed by atoms with Gasteiger partial charge in [-0.1, -0.05) is 28.7 Å². The zero-order valence-corrected chi connectivity index (χ0v) is 10.9. The SMILES string of the molecule is ICN1CCC(Nc2ccccn2)CC1. The van der Waals surface area contributed by atoms with Crippen LogP contribution in [0.3, 0.4) is 0 Å². The van der Waals surface area contributed by atoms with Crippen LogP contribution in [0.15, 0.2) is 24.4 Å². The summed E-state index contributed by atoms with van der Waals surface area (Å²) < 4.78 is 1.15. The first-order valence-electron chi connectivity index (χ1n) is 5.34. The van der Waals surface area contributed by atoms with E-state index in [2.05, 4.69) is 37.8 Å². The summed E-state index contributed by atoms with van der Waals surface area (Å²) in [5.41, 5.74) is 0. The minimum Gasteiger partial charge on any atom is -0.367 e. The average molecular weight is 317 g/mol. The van der Waals surface area contributed by atoms with Crippen LogP contribution in [0.4, 0.5) is 5.82 Å². The molecule has 1 aromatic heterocycles. The number of halogens is 1. The molecule has 1 aliphatic heterocycles. The van der Waals surface area contributed by atoms with Crippen molar-refractivity contribution in [2.24, 2.45) is 0 Å². The number of pyridine rings is 1. The van der Waals surface area contributed by atoms with Crippen molar-refractivity contribution in [3.8, 4) is 0 Å². The molecule has 1 N–H and O–H groups in total. The smallest absolute Gasteiger partial charge is 0.126 e. The van der Waals surface area contributed by atoms with E-state index in [0.29, 0.717) is 6.04 Å². The first kappa shape index (κ1) is 11.1. The predicted octanol–water partition coefficient (Wildman–Crippen LogP) is 2.35. The maximum Gasteiger partial charge on any atom is 0.126 e. The predicted molar refractivity (Wildman–Crippen MR) is 71.3 cm³/mol. The lowest BCUT2D eigenvalue weighted by Crippen LogP contribution is -2.38. The summed E-state index contributed by atoms with van der Waals surface area (Å²) in [5, 5.41) is 3.49. The Hall–Kier alpha value is -0.360. The summed E-state index contributed by atoms with van der Waals surface area (Å²) in [6, 6.07) is 6.60. The summed E-state index contributed by atoms with van der Waals surface area (Å²) in [5.74, 6) is 1.01. The topological polar surface area (TPSA) is 28.2 Å². The molecule has 0 atom stereocenters. The van der Waals surface area contributed by atoms with Gasteiger partial charge in [0.05, 0.1) is 4.55 Å². The fourth-order valence-corrected chi connectivity index (χ4v) is 2.54. The summed E-state index contributed by atoms with van der Waals surface area (Å²) in [6.07, 6.45) is 4.28. The number of anilines is 1. The number of nitrogens with one attached hydrogen (secondary N) is 1. The van der Waals surface area contributed by atoms with Crippen molar-refractivity contribution in [1.82, 2.24) is 9.88 Å². The number of piperidine rings is 1. The molecule has 1 aromatic rings. The van der Waals surface area contributed by atoms with Gasteiger partial charge in [0.1, 0.15) is 5.82 Å². The van der Waals surface area contributed by atoms with Crippen LogP contribution in [-0.4, -0.2) is 33.6 Å².